The van der Waals surface area contributed by atoms with Gasteiger partial charge in [-0.25, -0.2) is 8.42 Å². The van der Waals surface area contributed by atoms with E-state index in [2.05, 4.69) is 5.32 Å². The summed E-state index contributed by atoms with van der Waals surface area (Å²) in [5.41, 5.74) is 0.595. The molecule has 1 saturated heterocycles. The van der Waals surface area contributed by atoms with Crippen LogP contribution in [0.25, 0.3) is 0 Å². The quantitative estimate of drug-likeness (QED) is 0.856. The molecular weight excluding hydrogens is 384 g/mol. The molecule has 1 fully saturated rings. The number of amides is 1. The lowest BCUT2D eigenvalue weighted by molar-refractivity contribution is 0.0730. The lowest BCUT2D eigenvalue weighted by atomic mass is 10.3. The Bertz CT molecular complexity index is 872. The Kier molecular flexibility index (Phi) is 5.45. The van der Waals surface area contributed by atoms with Gasteiger partial charge in [-0.15, -0.1) is 11.3 Å². The maximum absolute atomic E-state index is 12.8. The Hall–Kier alpha value is -1.45. The molecule has 1 aliphatic rings. The number of carbonyl (C=O) groups excluding carboxylic acids is 1. The average molecular weight is 401 g/mol. The third kappa shape index (κ3) is 4.04. The van der Waals surface area contributed by atoms with Gasteiger partial charge in [0.2, 0.25) is 10.0 Å². The molecule has 0 aliphatic carbocycles. The van der Waals surface area contributed by atoms with Crippen molar-refractivity contribution in [3.05, 3.63) is 45.1 Å². The number of ether oxygens (including phenoxy) is 1. The number of halogens is 1. The first kappa shape index (κ1) is 18.3. The monoisotopic (exact) mass is 400 g/mol. The number of hydrogen-bond donors (Lipinski definition) is 1. The summed E-state index contributed by atoms with van der Waals surface area (Å²) in [4.78, 5) is 13.5. The Morgan fingerprint density at radius 1 is 1.24 bits per heavy atom. The first-order valence-corrected chi connectivity index (χ1v) is 10.3. The standard InChI is InChI=1S/C16H17ClN2O4S2/c1-11-15(25(21,22)19-6-8-23-9-7-19)10-14(24-11)16(20)18-13-4-2-12(17)3-5-13/h2-5,10H,6-9H2,1H3,(H,18,20). The van der Waals surface area contributed by atoms with Gasteiger partial charge < -0.3 is 10.1 Å². The number of nitrogens with one attached hydrogen (secondary N) is 1. The molecule has 3 rings (SSSR count). The minimum atomic E-state index is -3.62. The first-order valence-electron chi connectivity index (χ1n) is 7.63. The van der Waals surface area contributed by atoms with Crippen LogP contribution in [-0.4, -0.2) is 44.9 Å². The summed E-state index contributed by atoms with van der Waals surface area (Å²) in [6.45, 7) is 3.11. The number of morpholine rings is 1. The number of benzene rings is 1. The van der Waals surface area contributed by atoms with E-state index in [0.29, 0.717) is 46.8 Å². The fourth-order valence-corrected chi connectivity index (χ4v) is 5.47. The summed E-state index contributed by atoms with van der Waals surface area (Å²) in [5, 5.41) is 3.31. The minimum absolute atomic E-state index is 0.181. The molecule has 0 atom stereocenters. The number of rotatable bonds is 4. The van der Waals surface area contributed by atoms with Crippen molar-refractivity contribution in [2.75, 3.05) is 31.6 Å². The molecule has 1 aromatic carbocycles. The average Bonchev–Trinajstić information content (AvgIpc) is 3.00. The zero-order valence-corrected chi connectivity index (χ0v) is 15.9. The summed E-state index contributed by atoms with van der Waals surface area (Å²) >= 11 is 6.98. The van der Waals surface area contributed by atoms with Crippen molar-refractivity contribution in [3.8, 4) is 0 Å². The number of anilines is 1. The third-order valence-corrected chi connectivity index (χ3v) is 7.24. The second-order valence-electron chi connectivity index (χ2n) is 5.51. The number of hydrogen-bond acceptors (Lipinski definition) is 5. The van der Waals surface area contributed by atoms with Crippen molar-refractivity contribution < 1.29 is 17.9 Å². The molecule has 25 heavy (non-hydrogen) atoms. The van der Waals surface area contributed by atoms with Gasteiger partial charge in [0.1, 0.15) is 0 Å². The van der Waals surface area contributed by atoms with E-state index in [-0.39, 0.29) is 10.8 Å². The second kappa shape index (κ2) is 7.43. The molecule has 0 saturated carbocycles. The summed E-state index contributed by atoms with van der Waals surface area (Å²) < 4.78 is 32.1. The molecule has 2 aromatic rings. The highest BCUT2D eigenvalue weighted by Crippen LogP contribution is 2.29. The van der Waals surface area contributed by atoms with E-state index in [9.17, 15) is 13.2 Å². The van der Waals surface area contributed by atoms with Crippen LogP contribution < -0.4 is 5.32 Å². The molecule has 0 spiro atoms. The smallest absolute Gasteiger partial charge is 0.265 e. The fraction of sp³-hybridized carbons (Fsp3) is 0.312. The molecule has 6 nitrogen and oxygen atoms in total. The molecule has 1 N–H and O–H groups in total. The van der Waals surface area contributed by atoms with Gasteiger partial charge >= 0.3 is 0 Å². The number of thiophene rings is 1. The van der Waals surface area contributed by atoms with Gasteiger partial charge in [-0.3, -0.25) is 4.79 Å². The molecule has 1 aromatic heterocycles. The van der Waals surface area contributed by atoms with Crippen molar-refractivity contribution >= 4 is 44.6 Å². The Labute approximate surface area is 155 Å². The van der Waals surface area contributed by atoms with Crippen LogP contribution in [0.2, 0.25) is 5.02 Å². The Morgan fingerprint density at radius 3 is 2.52 bits per heavy atom. The maximum atomic E-state index is 12.8. The Balaban J connectivity index is 1.81. The zero-order valence-electron chi connectivity index (χ0n) is 13.5. The van der Waals surface area contributed by atoms with E-state index in [1.807, 2.05) is 0 Å². The molecule has 1 amide bonds. The van der Waals surface area contributed by atoms with Crippen LogP contribution in [0.5, 0.6) is 0 Å². The summed E-state index contributed by atoms with van der Waals surface area (Å²) in [6.07, 6.45) is 0. The van der Waals surface area contributed by atoms with Crippen molar-refractivity contribution in [2.45, 2.75) is 11.8 Å². The number of aryl methyl sites for hydroxylation is 1. The van der Waals surface area contributed by atoms with E-state index in [4.69, 9.17) is 16.3 Å². The molecule has 0 bridgehead atoms. The van der Waals surface area contributed by atoms with Gasteiger partial charge in [0, 0.05) is 28.7 Å². The van der Waals surface area contributed by atoms with E-state index in [1.54, 1.807) is 31.2 Å². The number of carbonyl (C=O) groups is 1. The highest BCUT2D eigenvalue weighted by molar-refractivity contribution is 7.89. The van der Waals surface area contributed by atoms with Crippen molar-refractivity contribution in [1.29, 1.82) is 0 Å². The van der Waals surface area contributed by atoms with Crippen LogP contribution in [-0.2, 0) is 14.8 Å². The van der Waals surface area contributed by atoms with E-state index in [0.717, 1.165) is 11.3 Å². The van der Waals surface area contributed by atoms with Gasteiger partial charge in [-0.05, 0) is 37.3 Å². The van der Waals surface area contributed by atoms with Crippen LogP contribution in [0.3, 0.4) is 0 Å². The highest BCUT2D eigenvalue weighted by Gasteiger charge is 2.30. The van der Waals surface area contributed by atoms with Crippen LogP contribution in [0.4, 0.5) is 5.69 Å². The second-order valence-corrected chi connectivity index (χ2v) is 9.11. The topological polar surface area (TPSA) is 75.7 Å². The first-order chi connectivity index (χ1) is 11.9. The lowest BCUT2D eigenvalue weighted by Gasteiger charge is -2.25. The predicted molar refractivity (Wildman–Crippen MR) is 98.0 cm³/mol. The highest BCUT2D eigenvalue weighted by atomic mass is 35.5. The molecule has 2 heterocycles. The van der Waals surface area contributed by atoms with E-state index in [1.165, 1.54) is 10.4 Å². The fourth-order valence-electron chi connectivity index (χ4n) is 2.49. The number of sulfonamides is 1. The van der Waals surface area contributed by atoms with Crippen molar-refractivity contribution in [2.24, 2.45) is 0 Å². The molecular formula is C16H17ClN2O4S2. The van der Waals surface area contributed by atoms with Crippen molar-refractivity contribution in [1.82, 2.24) is 4.31 Å². The van der Waals surface area contributed by atoms with Gasteiger partial charge in [-0.2, -0.15) is 4.31 Å². The van der Waals surface area contributed by atoms with Crippen LogP contribution in [0.15, 0.2) is 35.2 Å². The SMILES string of the molecule is Cc1sc(C(=O)Nc2ccc(Cl)cc2)cc1S(=O)(=O)N1CCOCC1. The largest absolute Gasteiger partial charge is 0.379 e. The molecule has 134 valence electrons. The Morgan fingerprint density at radius 2 is 1.88 bits per heavy atom. The van der Waals surface area contributed by atoms with Gasteiger partial charge in [0.15, 0.2) is 0 Å². The minimum Gasteiger partial charge on any atom is -0.379 e. The lowest BCUT2D eigenvalue weighted by Crippen LogP contribution is -2.40. The normalized spacial score (nSPS) is 15.9. The van der Waals surface area contributed by atoms with Gasteiger partial charge in [0.05, 0.1) is 23.0 Å². The zero-order chi connectivity index (χ0) is 18.0. The van der Waals surface area contributed by atoms with Crippen molar-refractivity contribution in [3.63, 3.8) is 0 Å². The van der Waals surface area contributed by atoms with Gasteiger partial charge in [0.25, 0.3) is 5.91 Å². The molecule has 9 heteroatoms. The van der Waals surface area contributed by atoms with E-state index < -0.39 is 10.0 Å². The van der Waals surface area contributed by atoms with E-state index >= 15 is 0 Å². The number of nitrogens with zero attached hydrogens (tertiary/aromatic N) is 1. The summed E-state index contributed by atoms with van der Waals surface area (Å²) in [6, 6.07) is 8.16. The van der Waals surface area contributed by atoms with Gasteiger partial charge in [-0.1, -0.05) is 11.6 Å². The molecule has 0 radical (unpaired) electrons. The summed E-state index contributed by atoms with van der Waals surface area (Å²) in [5.74, 6) is -0.348. The molecule has 1 aliphatic heterocycles. The maximum Gasteiger partial charge on any atom is 0.265 e. The van der Waals surface area contributed by atoms with Crippen LogP contribution in [0, 0.1) is 6.92 Å². The van der Waals surface area contributed by atoms with Crippen LogP contribution in [0.1, 0.15) is 14.5 Å². The molecule has 0 unspecified atom stereocenters. The predicted octanol–water partition coefficient (Wildman–Crippen LogP) is 2.98. The third-order valence-electron chi connectivity index (χ3n) is 3.79. The van der Waals surface area contributed by atoms with Crippen LogP contribution >= 0.6 is 22.9 Å². The summed E-state index contributed by atoms with van der Waals surface area (Å²) in [7, 11) is -3.62.